The van der Waals surface area contributed by atoms with Crippen LogP contribution in [0.2, 0.25) is 0 Å². The number of carbonyl (C=O) groups is 1. The van der Waals surface area contributed by atoms with Gasteiger partial charge in [0.05, 0.1) is 0 Å². The molecule has 0 radical (unpaired) electrons. The zero-order chi connectivity index (χ0) is 15.0. The molecule has 0 aliphatic rings. The summed E-state index contributed by atoms with van der Waals surface area (Å²) in [6, 6.07) is 0. The van der Waals surface area contributed by atoms with Gasteiger partial charge in [-0.1, -0.05) is 53.0 Å². The van der Waals surface area contributed by atoms with Crippen molar-refractivity contribution < 1.29 is 4.79 Å². The Labute approximate surface area is 118 Å². The van der Waals surface area contributed by atoms with Crippen LogP contribution < -0.4 is 0 Å². The highest BCUT2D eigenvalue weighted by molar-refractivity contribution is 5.99. The summed E-state index contributed by atoms with van der Waals surface area (Å²) in [6.45, 7) is 15.6. The lowest BCUT2D eigenvalue weighted by atomic mass is 9.92. The maximum atomic E-state index is 12.3. The maximum Gasteiger partial charge on any atom is 0.167 e. The fraction of sp³-hybridized carbons (Fsp3) is 0.471. The molecule has 0 fully saturated rings. The average Bonchev–Trinajstić information content (AvgIpc) is 2.40. The Bertz CT molecular complexity index is 388. The molecule has 0 rings (SSSR count). The van der Waals surface area contributed by atoms with E-state index < -0.39 is 0 Å². The van der Waals surface area contributed by atoms with E-state index in [9.17, 15) is 4.79 Å². The Morgan fingerprint density at radius 1 is 1.26 bits per heavy atom. The van der Waals surface area contributed by atoms with E-state index in [1.54, 1.807) is 12.2 Å². The number of rotatable bonds is 8. The number of nitrogens with zero attached hydrogens (tertiary/aromatic N) is 1. The molecule has 2 nitrogen and oxygen atoms in total. The third-order valence-corrected chi connectivity index (χ3v) is 3.17. The van der Waals surface area contributed by atoms with E-state index in [0.717, 1.165) is 17.7 Å². The standard InChI is InChI=1S/C17H27NO/c1-8-11-12-18(7)16(14(6)9-2)15(10-3)17(19)13(4)5/h8,10-14H,1,3,9H2,2,4-7H3/b12-11-,16-15+/t14-/m1/s1. The molecule has 0 saturated heterocycles. The van der Waals surface area contributed by atoms with Gasteiger partial charge in [0.25, 0.3) is 0 Å². The van der Waals surface area contributed by atoms with Gasteiger partial charge < -0.3 is 4.90 Å². The van der Waals surface area contributed by atoms with E-state index in [-0.39, 0.29) is 11.7 Å². The van der Waals surface area contributed by atoms with Crippen molar-refractivity contribution in [1.82, 2.24) is 4.90 Å². The van der Waals surface area contributed by atoms with Crippen molar-refractivity contribution >= 4 is 5.78 Å². The lowest BCUT2D eigenvalue weighted by molar-refractivity contribution is -0.118. The summed E-state index contributed by atoms with van der Waals surface area (Å²) in [5.41, 5.74) is 1.75. The maximum absolute atomic E-state index is 12.3. The zero-order valence-corrected chi connectivity index (χ0v) is 12.9. The van der Waals surface area contributed by atoms with Gasteiger partial charge in [-0.15, -0.1) is 0 Å². The molecule has 0 spiro atoms. The molecular weight excluding hydrogens is 234 g/mol. The van der Waals surface area contributed by atoms with Gasteiger partial charge in [0.1, 0.15) is 0 Å². The molecule has 1 atom stereocenters. The van der Waals surface area contributed by atoms with Crippen LogP contribution in [0.4, 0.5) is 0 Å². The van der Waals surface area contributed by atoms with Crippen LogP contribution in [0.5, 0.6) is 0 Å². The van der Waals surface area contributed by atoms with E-state index in [2.05, 4.69) is 27.0 Å². The molecule has 0 amide bonds. The van der Waals surface area contributed by atoms with E-state index in [1.807, 2.05) is 38.1 Å². The van der Waals surface area contributed by atoms with Gasteiger partial charge in [0.15, 0.2) is 5.78 Å². The van der Waals surface area contributed by atoms with Gasteiger partial charge in [0.2, 0.25) is 0 Å². The van der Waals surface area contributed by atoms with Crippen LogP contribution in [0.3, 0.4) is 0 Å². The molecule has 0 saturated carbocycles. The number of ketones is 1. The van der Waals surface area contributed by atoms with E-state index in [4.69, 9.17) is 0 Å². The van der Waals surface area contributed by atoms with Crippen molar-refractivity contribution in [2.75, 3.05) is 7.05 Å². The minimum atomic E-state index is -0.0242. The molecule has 0 aromatic rings. The number of carbonyl (C=O) groups excluding carboxylic acids is 1. The molecule has 0 unspecified atom stereocenters. The van der Waals surface area contributed by atoms with Crippen molar-refractivity contribution in [1.29, 1.82) is 0 Å². The van der Waals surface area contributed by atoms with Gasteiger partial charge in [-0.25, -0.2) is 0 Å². The normalized spacial score (nSPS) is 14.2. The van der Waals surface area contributed by atoms with Crippen LogP contribution in [0.1, 0.15) is 34.1 Å². The van der Waals surface area contributed by atoms with E-state index in [1.165, 1.54) is 0 Å². The Balaban J connectivity index is 5.76. The minimum Gasteiger partial charge on any atom is -0.354 e. The highest BCUT2D eigenvalue weighted by Gasteiger charge is 2.21. The summed E-state index contributed by atoms with van der Waals surface area (Å²) in [6.07, 6.45) is 8.17. The van der Waals surface area contributed by atoms with E-state index in [0.29, 0.717) is 5.92 Å². The van der Waals surface area contributed by atoms with Crippen LogP contribution in [-0.4, -0.2) is 17.7 Å². The molecule has 0 aliphatic heterocycles. The molecule has 2 heteroatoms. The summed E-state index contributed by atoms with van der Waals surface area (Å²) < 4.78 is 0. The fourth-order valence-corrected chi connectivity index (χ4v) is 1.91. The highest BCUT2D eigenvalue weighted by Crippen LogP contribution is 2.25. The smallest absolute Gasteiger partial charge is 0.167 e. The minimum absolute atomic E-state index is 0.0242. The number of hydrogen-bond donors (Lipinski definition) is 0. The SMILES string of the molecule is C=C/C=C\N(C)/C(=C(\C=C)C(=O)C(C)C)[C@H](C)CC. The summed E-state index contributed by atoms with van der Waals surface area (Å²) in [7, 11) is 1.96. The molecule has 0 bridgehead atoms. The van der Waals surface area contributed by atoms with Crippen molar-refractivity contribution in [2.24, 2.45) is 11.8 Å². The van der Waals surface area contributed by atoms with Gasteiger partial charge in [-0.2, -0.15) is 0 Å². The van der Waals surface area contributed by atoms with Gasteiger partial charge >= 0.3 is 0 Å². The number of hydrogen-bond acceptors (Lipinski definition) is 2. The van der Waals surface area contributed by atoms with Crippen molar-refractivity contribution in [2.45, 2.75) is 34.1 Å². The first-order chi connectivity index (χ1) is 8.90. The molecule has 0 aromatic heterocycles. The molecule has 19 heavy (non-hydrogen) atoms. The average molecular weight is 261 g/mol. The van der Waals surface area contributed by atoms with Crippen LogP contribution >= 0.6 is 0 Å². The Hall–Kier alpha value is -1.57. The highest BCUT2D eigenvalue weighted by atomic mass is 16.1. The third kappa shape index (κ3) is 4.90. The summed E-state index contributed by atoms with van der Waals surface area (Å²) >= 11 is 0. The first kappa shape index (κ1) is 17.4. The topological polar surface area (TPSA) is 20.3 Å². The monoisotopic (exact) mass is 261 g/mol. The quantitative estimate of drug-likeness (QED) is 0.479. The lowest BCUT2D eigenvalue weighted by Gasteiger charge is -2.26. The van der Waals surface area contributed by atoms with Crippen LogP contribution in [0.15, 0.2) is 48.9 Å². The Morgan fingerprint density at radius 2 is 1.84 bits per heavy atom. The molecule has 0 N–H and O–H groups in total. The first-order valence-electron chi connectivity index (χ1n) is 6.83. The largest absolute Gasteiger partial charge is 0.354 e. The van der Waals surface area contributed by atoms with Gasteiger partial charge in [-0.05, 0) is 18.4 Å². The second-order valence-corrected chi connectivity index (χ2v) is 5.02. The predicted octanol–water partition coefficient (Wildman–Crippen LogP) is 4.33. The van der Waals surface area contributed by atoms with Crippen molar-refractivity contribution in [3.63, 3.8) is 0 Å². The summed E-state index contributed by atoms with van der Waals surface area (Å²) in [4.78, 5) is 14.3. The lowest BCUT2D eigenvalue weighted by Crippen LogP contribution is -2.23. The van der Waals surface area contributed by atoms with Gasteiger partial charge in [-0.3, -0.25) is 4.79 Å². The summed E-state index contributed by atoms with van der Waals surface area (Å²) in [5, 5.41) is 0. The first-order valence-corrected chi connectivity index (χ1v) is 6.83. The zero-order valence-electron chi connectivity index (χ0n) is 12.9. The van der Waals surface area contributed by atoms with E-state index >= 15 is 0 Å². The third-order valence-electron chi connectivity index (χ3n) is 3.17. The predicted molar refractivity (Wildman–Crippen MR) is 83.6 cm³/mol. The molecule has 0 aliphatic carbocycles. The second kappa shape index (κ2) is 8.52. The van der Waals surface area contributed by atoms with Crippen LogP contribution in [0.25, 0.3) is 0 Å². The van der Waals surface area contributed by atoms with Gasteiger partial charge in [0, 0.05) is 30.4 Å². The Kier molecular flexibility index (Phi) is 7.81. The molecule has 106 valence electrons. The van der Waals surface area contributed by atoms with Crippen LogP contribution in [-0.2, 0) is 4.79 Å². The second-order valence-electron chi connectivity index (χ2n) is 5.02. The molecule has 0 heterocycles. The van der Waals surface area contributed by atoms with Crippen LogP contribution in [0, 0.1) is 11.8 Å². The number of Topliss-reactive ketones (excluding diaryl/α,β-unsaturated/α-hetero) is 1. The molecular formula is C17H27NO. The summed E-state index contributed by atoms with van der Waals surface area (Å²) in [5.74, 6) is 0.420. The Morgan fingerprint density at radius 3 is 2.21 bits per heavy atom. The van der Waals surface area contributed by atoms with Crippen molar-refractivity contribution in [3.8, 4) is 0 Å². The molecule has 0 aromatic carbocycles. The number of allylic oxidation sites excluding steroid dienone is 5. The van der Waals surface area contributed by atoms with Crippen molar-refractivity contribution in [3.05, 3.63) is 48.9 Å². The fourth-order valence-electron chi connectivity index (χ4n) is 1.91.